The minimum absolute atomic E-state index is 0.160. The van der Waals surface area contributed by atoms with Gasteiger partial charge < -0.3 is 0 Å². The number of benzene rings is 1. The summed E-state index contributed by atoms with van der Waals surface area (Å²) in [7, 11) is 0. The molecule has 1 heterocycles. The van der Waals surface area contributed by atoms with Crippen molar-refractivity contribution < 1.29 is 4.92 Å². The van der Waals surface area contributed by atoms with Crippen molar-refractivity contribution >= 4 is 17.0 Å². The van der Waals surface area contributed by atoms with Crippen molar-refractivity contribution in [1.82, 2.24) is 4.98 Å². The third kappa shape index (κ3) is 2.46. The van der Waals surface area contributed by atoms with Gasteiger partial charge in [-0.1, -0.05) is 12.1 Å². The van der Waals surface area contributed by atoms with Crippen LogP contribution in [0.3, 0.4) is 0 Å². The normalized spacial score (nSPS) is 19.4. The lowest BCUT2D eigenvalue weighted by Crippen LogP contribution is -2.11. The van der Waals surface area contributed by atoms with Crippen LogP contribution in [0.4, 0.5) is 5.69 Å². The molecule has 0 atom stereocenters. The van der Waals surface area contributed by atoms with Crippen LogP contribution < -0.4 is 0 Å². The maximum absolute atomic E-state index is 10.7. The molecule has 1 aromatic carbocycles. The van der Waals surface area contributed by atoms with Gasteiger partial charge in [-0.2, -0.15) is 0 Å². The molecule has 0 saturated heterocycles. The van der Waals surface area contributed by atoms with Crippen molar-refractivity contribution in [1.29, 1.82) is 0 Å². The zero-order chi connectivity index (χ0) is 14.4. The molecule has 0 bridgehead atoms. The van der Waals surface area contributed by atoms with Gasteiger partial charge in [0, 0.05) is 28.8 Å². The summed E-state index contributed by atoms with van der Waals surface area (Å²) in [6.45, 7) is 0. The molecular formula is C16H16N2O2S. The summed E-state index contributed by atoms with van der Waals surface area (Å²) < 4.78 is 0. The molecule has 2 fully saturated rings. The summed E-state index contributed by atoms with van der Waals surface area (Å²) in [6, 6.07) is 6.96. The standard InChI is InChI=1S/C16H16N2O2S/c19-18(20)13-5-1-11(2-6-13)9-16(7-8-16)14-10-21-15(17-14)12-3-4-12/h1-2,5-6,10,12H,3-4,7-9H2. The van der Waals surface area contributed by atoms with Crippen LogP contribution in [-0.4, -0.2) is 9.91 Å². The predicted octanol–water partition coefficient (Wildman–Crippen LogP) is 4.20. The third-order valence-corrected chi connectivity index (χ3v) is 5.54. The molecule has 2 aliphatic rings. The van der Waals surface area contributed by atoms with Gasteiger partial charge in [0.15, 0.2) is 0 Å². The first kappa shape index (κ1) is 13.0. The van der Waals surface area contributed by atoms with Crippen LogP contribution in [0, 0.1) is 10.1 Å². The van der Waals surface area contributed by atoms with Gasteiger partial charge in [0.25, 0.3) is 5.69 Å². The van der Waals surface area contributed by atoms with Gasteiger partial charge in [-0.25, -0.2) is 4.98 Å². The van der Waals surface area contributed by atoms with Crippen LogP contribution in [0.15, 0.2) is 29.6 Å². The van der Waals surface area contributed by atoms with E-state index in [4.69, 9.17) is 4.98 Å². The van der Waals surface area contributed by atoms with Gasteiger partial charge in [-0.3, -0.25) is 10.1 Å². The lowest BCUT2D eigenvalue weighted by atomic mass is 9.94. The first-order chi connectivity index (χ1) is 10.2. The molecule has 0 N–H and O–H groups in total. The van der Waals surface area contributed by atoms with Crippen LogP contribution in [0.25, 0.3) is 0 Å². The van der Waals surface area contributed by atoms with Crippen molar-refractivity contribution in [3.63, 3.8) is 0 Å². The van der Waals surface area contributed by atoms with E-state index in [1.165, 1.54) is 41.9 Å². The molecule has 2 aliphatic carbocycles. The van der Waals surface area contributed by atoms with Crippen molar-refractivity contribution in [2.45, 2.75) is 43.4 Å². The van der Waals surface area contributed by atoms with E-state index in [9.17, 15) is 10.1 Å². The molecule has 0 unspecified atom stereocenters. The van der Waals surface area contributed by atoms with E-state index in [0.717, 1.165) is 12.3 Å². The monoisotopic (exact) mass is 300 g/mol. The first-order valence-electron chi connectivity index (χ1n) is 7.36. The van der Waals surface area contributed by atoms with Gasteiger partial charge in [0.2, 0.25) is 0 Å². The van der Waals surface area contributed by atoms with E-state index in [1.54, 1.807) is 23.5 Å². The maximum atomic E-state index is 10.7. The second-order valence-electron chi connectivity index (χ2n) is 6.23. The van der Waals surface area contributed by atoms with Crippen molar-refractivity contribution in [2.75, 3.05) is 0 Å². The quantitative estimate of drug-likeness (QED) is 0.614. The molecule has 2 aromatic rings. The Balaban J connectivity index is 1.53. The Morgan fingerprint density at radius 3 is 2.57 bits per heavy atom. The number of nitro groups is 1. The zero-order valence-corrected chi connectivity index (χ0v) is 12.4. The highest BCUT2D eigenvalue weighted by Crippen LogP contribution is 2.52. The van der Waals surface area contributed by atoms with Gasteiger partial charge in [-0.15, -0.1) is 11.3 Å². The van der Waals surface area contributed by atoms with Crippen molar-refractivity contribution in [2.24, 2.45) is 0 Å². The number of aromatic nitrogens is 1. The first-order valence-corrected chi connectivity index (χ1v) is 8.23. The van der Waals surface area contributed by atoms with Crippen LogP contribution in [0.1, 0.15) is 47.9 Å². The second kappa shape index (κ2) is 4.63. The minimum atomic E-state index is -0.348. The van der Waals surface area contributed by atoms with E-state index in [-0.39, 0.29) is 16.0 Å². The fourth-order valence-corrected chi connectivity index (χ4v) is 3.96. The highest BCUT2D eigenvalue weighted by atomic mass is 32.1. The number of thiazole rings is 1. The van der Waals surface area contributed by atoms with Gasteiger partial charge in [0.1, 0.15) is 0 Å². The number of nitrogens with zero attached hydrogens (tertiary/aromatic N) is 2. The van der Waals surface area contributed by atoms with Crippen LogP contribution >= 0.6 is 11.3 Å². The van der Waals surface area contributed by atoms with Crippen LogP contribution in [0.5, 0.6) is 0 Å². The predicted molar refractivity (Wildman–Crippen MR) is 81.8 cm³/mol. The van der Waals surface area contributed by atoms with Crippen LogP contribution in [0.2, 0.25) is 0 Å². The van der Waals surface area contributed by atoms with E-state index in [2.05, 4.69) is 5.38 Å². The highest BCUT2D eigenvalue weighted by molar-refractivity contribution is 7.09. The molecular weight excluding hydrogens is 284 g/mol. The topological polar surface area (TPSA) is 56.0 Å². The van der Waals surface area contributed by atoms with Gasteiger partial charge in [0.05, 0.1) is 15.6 Å². The second-order valence-corrected chi connectivity index (χ2v) is 7.12. The molecule has 0 amide bonds. The average molecular weight is 300 g/mol. The van der Waals surface area contributed by atoms with Gasteiger partial charge >= 0.3 is 0 Å². The largest absolute Gasteiger partial charge is 0.269 e. The summed E-state index contributed by atoms with van der Waals surface area (Å²) in [4.78, 5) is 15.2. The van der Waals surface area contributed by atoms with E-state index in [1.807, 2.05) is 12.1 Å². The molecule has 5 heteroatoms. The van der Waals surface area contributed by atoms with E-state index in [0.29, 0.717) is 0 Å². The Labute approximate surface area is 127 Å². The number of nitro benzene ring substituents is 1. The Morgan fingerprint density at radius 2 is 2.00 bits per heavy atom. The third-order valence-electron chi connectivity index (χ3n) is 4.54. The Bertz CT molecular complexity index is 685. The molecule has 1 aromatic heterocycles. The smallest absolute Gasteiger partial charge is 0.258 e. The van der Waals surface area contributed by atoms with Crippen LogP contribution in [-0.2, 0) is 11.8 Å². The summed E-state index contributed by atoms with van der Waals surface area (Å²) in [5.41, 5.74) is 2.76. The molecule has 0 radical (unpaired) electrons. The minimum Gasteiger partial charge on any atom is -0.258 e. The Morgan fingerprint density at radius 1 is 1.29 bits per heavy atom. The van der Waals surface area contributed by atoms with E-state index >= 15 is 0 Å². The van der Waals surface area contributed by atoms with E-state index < -0.39 is 0 Å². The summed E-state index contributed by atoms with van der Waals surface area (Å²) in [5, 5.41) is 14.2. The summed E-state index contributed by atoms with van der Waals surface area (Å²) >= 11 is 1.80. The fourth-order valence-electron chi connectivity index (χ4n) is 2.85. The maximum Gasteiger partial charge on any atom is 0.269 e. The molecule has 2 saturated carbocycles. The molecule has 108 valence electrons. The lowest BCUT2D eigenvalue weighted by Gasteiger charge is -2.12. The average Bonchev–Trinajstić information content (AvgIpc) is 3.41. The number of hydrogen-bond acceptors (Lipinski definition) is 4. The molecule has 0 spiro atoms. The zero-order valence-electron chi connectivity index (χ0n) is 11.6. The summed E-state index contributed by atoms with van der Waals surface area (Å²) in [6.07, 6.45) is 5.89. The molecule has 0 aliphatic heterocycles. The molecule has 4 rings (SSSR count). The molecule has 4 nitrogen and oxygen atoms in total. The van der Waals surface area contributed by atoms with Crippen molar-refractivity contribution in [3.8, 4) is 0 Å². The summed E-state index contributed by atoms with van der Waals surface area (Å²) in [5.74, 6) is 0.721. The number of rotatable bonds is 5. The SMILES string of the molecule is O=[N+]([O-])c1ccc(CC2(c3csc(C4CC4)n3)CC2)cc1. The molecule has 21 heavy (non-hydrogen) atoms. The Kier molecular flexibility index (Phi) is 2.85. The highest BCUT2D eigenvalue weighted by Gasteiger charge is 2.46. The number of non-ortho nitro benzene ring substituents is 1. The fraction of sp³-hybridized carbons (Fsp3) is 0.438. The Hall–Kier alpha value is -1.75. The van der Waals surface area contributed by atoms with Crippen molar-refractivity contribution in [3.05, 3.63) is 56.0 Å². The number of hydrogen-bond donors (Lipinski definition) is 0. The lowest BCUT2D eigenvalue weighted by molar-refractivity contribution is -0.384. The van der Waals surface area contributed by atoms with Gasteiger partial charge in [-0.05, 0) is 37.7 Å².